The van der Waals surface area contributed by atoms with Gasteiger partial charge < -0.3 is 43.5 Å². The molecule has 0 radical (unpaired) electrons. The van der Waals surface area contributed by atoms with Gasteiger partial charge in [-0.3, -0.25) is 4.57 Å². The molecule has 12 nitrogen and oxygen atoms in total. The summed E-state index contributed by atoms with van der Waals surface area (Å²) in [5, 5.41) is 6.02. The molecule has 2 aliphatic heterocycles. The smallest absolute Gasteiger partial charge is 0.407 e. The fraction of sp³-hybridized carbons (Fsp3) is 0.959. The van der Waals surface area contributed by atoms with Gasteiger partial charge >= 0.3 is 12.2 Å². The van der Waals surface area contributed by atoms with Crippen molar-refractivity contribution < 1.29 is 47.0 Å². The summed E-state index contributed by atoms with van der Waals surface area (Å²) in [6, 6.07) is 0. The van der Waals surface area contributed by atoms with Crippen molar-refractivity contribution in [3.8, 4) is 0 Å². The number of nitrogens with one attached hydrogen (secondary N) is 2. The van der Waals surface area contributed by atoms with Crippen LogP contribution in [0.3, 0.4) is 0 Å². The van der Waals surface area contributed by atoms with E-state index in [9.17, 15) is 19.0 Å². The molecule has 0 aromatic heterocycles. The van der Waals surface area contributed by atoms with Gasteiger partial charge in [0, 0.05) is 31.6 Å². The predicted octanol–water partition coefficient (Wildman–Crippen LogP) is 13.5. The first-order valence-corrected chi connectivity index (χ1v) is 28.7. The number of alkyl halides is 1. The van der Waals surface area contributed by atoms with E-state index in [0.29, 0.717) is 52.0 Å². The van der Waals surface area contributed by atoms with Gasteiger partial charge in [0.15, 0.2) is 0 Å². The molecule has 2 fully saturated rings. The Labute approximate surface area is 393 Å². The summed E-state index contributed by atoms with van der Waals surface area (Å²) in [6.45, 7) is 6.00. The third kappa shape index (κ3) is 30.9. The fourth-order valence-electron chi connectivity index (χ4n) is 8.78. The van der Waals surface area contributed by atoms with E-state index in [0.717, 1.165) is 38.5 Å². The number of carbonyl (C=O) groups is 2. The monoisotopic (exact) mass is 980 g/mol. The standard InChI is InChI=1S/C49H94BrN2O10P/c1-3-5-7-9-11-13-15-17-19-21-23-25-27-29-31-38-51-48(53)60-43-35-33-40-57-45(43)47(62-63(55,56)59-42-37-50)46-44(36-34-41-58-46)61-49(54)52-39-32-30-28-26-24-22-20-18-16-14-12-10-8-6-4-2/h43-47H,3-42H2,1-2H3,(H,51,53)(H,52,54)(H,55,56)/p-1/t43-,44-,45-,46-/m1/s1. The summed E-state index contributed by atoms with van der Waals surface area (Å²) >= 11 is 3.20. The number of hydrogen-bond donors (Lipinski definition) is 2. The lowest BCUT2D eigenvalue weighted by Crippen LogP contribution is -2.57. The molecule has 0 saturated carbocycles. The molecule has 2 saturated heterocycles. The van der Waals surface area contributed by atoms with Crippen LogP contribution in [0.5, 0.6) is 0 Å². The van der Waals surface area contributed by atoms with Crippen molar-refractivity contribution in [3.05, 3.63) is 0 Å². The van der Waals surface area contributed by atoms with Gasteiger partial charge in [-0.2, -0.15) is 0 Å². The summed E-state index contributed by atoms with van der Waals surface area (Å²) in [5.41, 5.74) is 0. The number of ether oxygens (including phenoxy) is 4. The topological polar surface area (TPSA) is 154 Å². The molecule has 1 unspecified atom stereocenters. The Balaban J connectivity index is 1.76. The van der Waals surface area contributed by atoms with Gasteiger partial charge in [-0.05, 0) is 38.5 Å². The van der Waals surface area contributed by atoms with E-state index >= 15 is 0 Å². The molecule has 63 heavy (non-hydrogen) atoms. The van der Waals surface area contributed by atoms with Crippen LogP contribution in [0.4, 0.5) is 9.59 Å². The molecule has 2 N–H and O–H groups in total. The first-order valence-electron chi connectivity index (χ1n) is 26.1. The van der Waals surface area contributed by atoms with E-state index in [1.54, 1.807) is 0 Å². The number of rotatable bonds is 41. The molecule has 14 heteroatoms. The number of halogens is 1. The molecular weight excluding hydrogens is 887 g/mol. The molecule has 2 rings (SSSR count). The number of phosphoric ester groups is 1. The average molecular weight is 981 g/mol. The average Bonchev–Trinajstić information content (AvgIpc) is 3.27. The van der Waals surface area contributed by atoms with Crippen LogP contribution in [-0.4, -0.2) is 80.9 Å². The van der Waals surface area contributed by atoms with Crippen LogP contribution in [0, 0.1) is 0 Å². The highest BCUT2D eigenvalue weighted by molar-refractivity contribution is 9.09. The SMILES string of the molecule is CCCCCCCCCCCCCCCCCNC(=O)O[C@@H]1CCCO[C@H]1C(OP(=O)([O-])OCCBr)[C@@H]1OCCC[C@H]1OC(=O)NCCCCCCCCCCCCCCCCC. The molecule has 0 aromatic carbocycles. The Morgan fingerprint density at radius 2 is 0.889 bits per heavy atom. The maximum Gasteiger partial charge on any atom is 0.407 e. The van der Waals surface area contributed by atoms with Crippen molar-refractivity contribution >= 4 is 35.9 Å². The van der Waals surface area contributed by atoms with E-state index < -0.39 is 50.5 Å². The van der Waals surface area contributed by atoms with E-state index in [2.05, 4.69) is 40.4 Å². The van der Waals surface area contributed by atoms with Crippen LogP contribution >= 0.6 is 23.8 Å². The molecule has 0 aliphatic carbocycles. The maximum atomic E-state index is 13.1. The maximum absolute atomic E-state index is 13.1. The highest BCUT2D eigenvalue weighted by Crippen LogP contribution is 2.44. The number of hydrogen-bond acceptors (Lipinski definition) is 10. The van der Waals surface area contributed by atoms with Crippen molar-refractivity contribution in [3.63, 3.8) is 0 Å². The first kappa shape index (κ1) is 58.2. The van der Waals surface area contributed by atoms with Gasteiger partial charge in [0.25, 0.3) is 7.82 Å². The van der Waals surface area contributed by atoms with Gasteiger partial charge in [0.2, 0.25) is 0 Å². The second kappa shape index (κ2) is 40.1. The lowest BCUT2D eigenvalue weighted by molar-refractivity contribution is -0.251. The highest BCUT2D eigenvalue weighted by atomic mass is 79.9. The zero-order valence-electron chi connectivity index (χ0n) is 40.1. The number of unbranched alkanes of at least 4 members (excludes halogenated alkanes) is 28. The minimum Gasteiger partial charge on any atom is -0.756 e. The molecule has 0 aromatic rings. The third-order valence-corrected chi connectivity index (χ3v) is 13.8. The van der Waals surface area contributed by atoms with Gasteiger partial charge in [0.05, 0.1) is 6.61 Å². The quantitative estimate of drug-likeness (QED) is 0.0344. The molecule has 2 heterocycles. The summed E-state index contributed by atoms with van der Waals surface area (Å²) in [6.07, 6.45) is 34.1. The molecule has 2 amide bonds. The summed E-state index contributed by atoms with van der Waals surface area (Å²) in [5.74, 6) is 0. The van der Waals surface area contributed by atoms with Crippen LogP contribution < -0.4 is 15.5 Å². The number of alkyl carbamates (subject to hydrolysis) is 2. The predicted molar refractivity (Wildman–Crippen MR) is 257 cm³/mol. The van der Waals surface area contributed by atoms with Crippen LogP contribution in [-0.2, 0) is 32.6 Å². The third-order valence-electron chi connectivity index (χ3n) is 12.5. The van der Waals surface area contributed by atoms with Crippen LogP contribution in [0.15, 0.2) is 0 Å². The number of carbonyl (C=O) groups excluding carboxylic acids is 2. The Hall–Kier alpha value is -0.950. The van der Waals surface area contributed by atoms with E-state index in [4.69, 9.17) is 28.0 Å². The second-order valence-electron chi connectivity index (χ2n) is 18.1. The Bertz CT molecular complexity index is 1070. The molecule has 0 bridgehead atoms. The Morgan fingerprint density at radius 3 is 1.21 bits per heavy atom. The fourth-order valence-corrected chi connectivity index (χ4v) is 10.1. The van der Waals surface area contributed by atoms with Crippen LogP contribution in [0.1, 0.15) is 232 Å². The Kier molecular flexibility index (Phi) is 37.1. The largest absolute Gasteiger partial charge is 0.756 e. The van der Waals surface area contributed by atoms with Crippen molar-refractivity contribution in [1.29, 1.82) is 0 Å². The van der Waals surface area contributed by atoms with Crippen molar-refractivity contribution in [2.75, 3.05) is 38.2 Å². The highest BCUT2D eigenvalue weighted by Gasteiger charge is 2.47. The Morgan fingerprint density at radius 1 is 0.571 bits per heavy atom. The van der Waals surface area contributed by atoms with E-state index in [1.807, 2.05) is 0 Å². The molecule has 0 spiro atoms. The minimum atomic E-state index is -4.87. The lowest BCUT2D eigenvalue weighted by Gasteiger charge is -2.44. The van der Waals surface area contributed by atoms with Gasteiger partial charge in [-0.1, -0.05) is 210 Å². The van der Waals surface area contributed by atoms with Gasteiger partial charge in [-0.15, -0.1) is 0 Å². The van der Waals surface area contributed by atoms with Crippen molar-refractivity contribution in [2.45, 2.75) is 263 Å². The lowest BCUT2D eigenvalue weighted by atomic mass is 9.92. The number of amides is 2. The minimum absolute atomic E-state index is 0.131. The van der Waals surface area contributed by atoms with E-state index in [-0.39, 0.29) is 11.9 Å². The van der Waals surface area contributed by atoms with Gasteiger partial charge in [-0.25, -0.2) is 9.59 Å². The van der Waals surface area contributed by atoms with E-state index in [1.165, 1.54) is 154 Å². The summed E-state index contributed by atoms with van der Waals surface area (Å²) in [4.78, 5) is 39.2. The number of phosphoric acid groups is 1. The van der Waals surface area contributed by atoms with Crippen LogP contribution in [0.2, 0.25) is 0 Å². The first-order chi connectivity index (χ1) is 30.8. The van der Waals surface area contributed by atoms with Crippen molar-refractivity contribution in [2.24, 2.45) is 0 Å². The summed E-state index contributed by atoms with van der Waals surface area (Å²) < 4.78 is 47.9. The zero-order valence-corrected chi connectivity index (χ0v) is 42.6. The van der Waals surface area contributed by atoms with Gasteiger partial charge in [0.1, 0.15) is 30.5 Å². The zero-order chi connectivity index (χ0) is 45.5. The summed E-state index contributed by atoms with van der Waals surface area (Å²) in [7, 11) is -4.87. The molecule has 372 valence electrons. The molecular formula is C49H93BrN2O10P-. The molecule has 5 atom stereocenters. The molecule has 2 aliphatic rings. The van der Waals surface area contributed by atoms with Crippen LogP contribution in [0.25, 0.3) is 0 Å². The van der Waals surface area contributed by atoms with Crippen molar-refractivity contribution in [1.82, 2.24) is 10.6 Å². The normalized spacial score (nSPS) is 20.1. The second-order valence-corrected chi connectivity index (χ2v) is 20.3.